The summed E-state index contributed by atoms with van der Waals surface area (Å²) in [5.74, 6) is -0.213. The van der Waals surface area contributed by atoms with Crippen molar-refractivity contribution in [2.75, 3.05) is 24.5 Å². The Labute approximate surface area is 208 Å². The van der Waals surface area contributed by atoms with Gasteiger partial charge in [0.15, 0.2) is 0 Å². The van der Waals surface area contributed by atoms with E-state index in [0.717, 1.165) is 65.1 Å². The Hall–Kier alpha value is -3.28. The monoisotopic (exact) mass is 485 g/mol. The Balaban J connectivity index is 1.50. The van der Waals surface area contributed by atoms with E-state index in [0.29, 0.717) is 11.6 Å². The van der Waals surface area contributed by atoms with Crippen LogP contribution in [0.1, 0.15) is 54.7 Å². The number of aromatic nitrogens is 1. The van der Waals surface area contributed by atoms with Crippen LogP contribution in [-0.2, 0) is 16.0 Å². The summed E-state index contributed by atoms with van der Waals surface area (Å²) >= 11 is 1.59. The number of aryl methyl sites for hydroxylation is 1. The maximum absolute atomic E-state index is 12.3. The highest BCUT2D eigenvalue weighted by Gasteiger charge is 2.35. The van der Waals surface area contributed by atoms with Gasteiger partial charge < -0.3 is 10.2 Å². The molecule has 1 N–H and O–H groups in total. The number of pyridine rings is 1. The summed E-state index contributed by atoms with van der Waals surface area (Å²) in [6.07, 6.45) is 5.56. The molecule has 2 aromatic heterocycles. The van der Waals surface area contributed by atoms with Crippen LogP contribution in [0.5, 0.6) is 0 Å². The van der Waals surface area contributed by atoms with E-state index in [9.17, 15) is 14.9 Å². The number of hydrogen-bond donors (Lipinski definition) is 1. The molecule has 7 nitrogen and oxygen atoms in total. The molecule has 6 rings (SSSR count). The lowest BCUT2D eigenvalue weighted by Gasteiger charge is -2.38. The van der Waals surface area contributed by atoms with Gasteiger partial charge in [-0.05, 0) is 62.6 Å². The summed E-state index contributed by atoms with van der Waals surface area (Å²) < 4.78 is 1.03. The predicted molar refractivity (Wildman–Crippen MR) is 136 cm³/mol. The summed E-state index contributed by atoms with van der Waals surface area (Å²) in [5, 5.41) is 13.3. The molecule has 0 aliphatic carbocycles. The highest BCUT2D eigenvalue weighted by Crippen LogP contribution is 2.45. The fraction of sp³-hybridized carbons (Fsp3) is 0.407. The fourth-order valence-corrected chi connectivity index (χ4v) is 7.03. The van der Waals surface area contributed by atoms with E-state index >= 15 is 0 Å². The van der Waals surface area contributed by atoms with Gasteiger partial charge in [-0.15, -0.1) is 11.3 Å². The minimum atomic E-state index is -0.315. The lowest BCUT2D eigenvalue weighted by Crippen LogP contribution is -2.40. The molecule has 2 saturated heterocycles. The number of benzene rings is 1. The molecule has 8 heteroatoms. The summed E-state index contributed by atoms with van der Waals surface area (Å²) in [7, 11) is 0. The molecule has 2 amide bonds. The number of likely N-dealkylation sites (tertiary alicyclic amines) is 1. The number of nitrogens with one attached hydrogen (secondary N) is 1. The summed E-state index contributed by atoms with van der Waals surface area (Å²) in [4.78, 5) is 34.2. The van der Waals surface area contributed by atoms with Crippen molar-refractivity contribution in [3.63, 3.8) is 0 Å². The molecule has 3 aromatic rings. The maximum atomic E-state index is 12.3. The van der Waals surface area contributed by atoms with Crippen molar-refractivity contribution in [2.24, 2.45) is 0 Å². The zero-order chi connectivity index (χ0) is 24.1. The van der Waals surface area contributed by atoms with Gasteiger partial charge in [0.05, 0.1) is 27.9 Å². The zero-order valence-corrected chi connectivity index (χ0v) is 20.5. The van der Waals surface area contributed by atoms with Crippen molar-refractivity contribution >= 4 is 39.1 Å². The van der Waals surface area contributed by atoms with E-state index in [2.05, 4.69) is 27.3 Å². The molecule has 0 bridgehead atoms. The van der Waals surface area contributed by atoms with Crippen LogP contribution in [0.25, 0.3) is 21.3 Å². The number of anilines is 1. The third-order valence-electron chi connectivity index (χ3n) is 7.54. The minimum absolute atomic E-state index is 0.107. The number of carbonyl (C=O) groups excluding carboxylic acids is 2. The van der Waals surface area contributed by atoms with Crippen molar-refractivity contribution in [1.82, 2.24) is 15.2 Å². The van der Waals surface area contributed by atoms with Gasteiger partial charge in [-0.25, -0.2) is 0 Å². The second-order valence-electron chi connectivity index (χ2n) is 9.64. The second kappa shape index (κ2) is 8.74. The van der Waals surface area contributed by atoms with E-state index in [-0.39, 0.29) is 30.7 Å². The first-order valence-electron chi connectivity index (χ1n) is 12.3. The number of nitrogens with zero attached hydrogens (tertiary/aromatic N) is 4. The summed E-state index contributed by atoms with van der Waals surface area (Å²) in [6, 6.07) is 10.6. The lowest BCUT2D eigenvalue weighted by atomic mass is 9.90. The molecule has 35 heavy (non-hydrogen) atoms. The molecular weight excluding hydrogens is 458 g/mol. The van der Waals surface area contributed by atoms with Crippen LogP contribution in [0.3, 0.4) is 0 Å². The number of thiophene rings is 1. The SMILES string of the molecule is C[C@H](c1cc2nccc(-c3cc(C#N)cc4c3N([C@@H]3CCNC3)CCC4)c2s1)N1C(=O)CCC1=O. The first kappa shape index (κ1) is 22.2. The van der Waals surface area contributed by atoms with Crippen molar-refractivity contribution in [3.8, 4) is 17.2 Å². The van der Waals surface area contributed by atoms with Crippen LogP contribution >= 0.6 is 11.3 Å². The number of fused-ring (bicyclic) bond motifs is 2. The van der Waals surface area contributed by atoms with E-state index in [1.54, 1.807) is 11.3 Å². The number of amides is 2. The largest absolute Gasteiger partial charge is 0.366 e. The molecule has 178 valence electrons. The molecule has 0 saturated carbocycles. The van der Waals surface area contributed by atoms with Crippen LogP contribution in [0.2, 0.25) is 0 Å². The van der Waals surface area contributed by atoms with Crippen molar-refractivity contribution < 1.29 is 9.59 Å². The highest BCUT2D eigenvalue weighted by molar-refractivity contribution is 7.19. The standard InChI is InChI=1S/C27H27N5O2S/c1-16(32-24(33)4-5-25(32)34)23-13-22-27(35-23)20(7-9-30-22)21-12-17(14-28)11-18-3-2-10-31(26(18)21)19-6-8-29-15-19/h7,9,11-13,16,19,29H,2-6,8,10,15H2,1H3/t16-,19-/m1/s1. The average molecular weight is 486 g/mol. The molecule has 0 spiro atoms. The van der Waals surface area contributed by atoms with Gasteiger partial charge in [0.1, 0.15) is 0 Å². The van der Waals surface area contributed by atoms with Crippen molar-refractivity contribution in [2.45, 2.75) is 51.1 Å². The number of rotatable bonds is 4. The molecule has 0 unspecified atom stereocenters. The number of carbonyl (C=O) groups is 2. The topological polar surface area (TPSA) is 89.3 Å². The molecular formula is C27H27N5O2S. The number of hydrogen-bond acceptors (Lipinski definition) is 7. The molecule has 2 fully saturated rings. The molecule has 3 aliphatic rings. The molecule has 2 atom stereocenters. The molecule has 5 heterocycles. The Bertz CT molecular complexity index is 1370. The average Bonchev–Trinajstić information content (AvgIpc) is 3.62. The Kier molecular flexibility index (Phi) is 5.54. The van der Waals surface area contributed by atoms with E-state index in [1.807, 2.05) is 31.3 Å². The normalized spacial score (nSPS) is 21.0. The van der Waals surface area contributed by atoms with Gasteiger partial charge in [0, 0.05) is 59.9 Å². The maximum Gasteiger partial charge on any atom is 0.230 e. The van der Waals surface area contributed by atoms with Gasteiger partial charge in [0.2, 0.25) is 11.8 Å². The lowest BCUT2D eigenvalue weighted by molar-refractivity contribution is -0.140. The summed E-state index contributed by atoms with van der Waals surface area (Å²) in [6.45, 7) is 4.93. The Morgan fingerprint density at radius 3 is 2.74 bits per heavy atom. The van der Waals surface area contributed by atoms with E-state index in [1.165, 1.54) is 16.2 Å². The summed E-state index contributed by atoms with van der Waals surface area (Å²) in [5.41, 5.74) is 6.14. The third kappa shape index (κ3) is 3.70. The highest BCUT2D eigenvalue weighted by atomic mass is 32.1. The quantitative estimate of drug-likeness (QED) is 0.558. The first-order chi connectivity index (χ1) is 17.0. The third-order valence-corrected chi connectivity index (χ3v) is 8.86. The van der Waals surface area contributed by atoms with Crippen LogP contribution in [0.4, 0.5) is 5.69 Å². The molecule has 3 aliphatic heterocycles. The zero-order valence-electron chi connectivity index (χ0n) is 19.7. The molecule has 1 aromatic carbocycles. The van der Waals surface area contributed by atoms with Crippen LogP contribution in [-0.4, -0.2) is 47.4 Å². The number of imide groups is 1. The predicted octanol–water partition coefficient (Wildman–Crippen LogP) is 4.16. The van der Waals surface area contributed by atoms with Crippen LogP contribution in [0, 0.1) is 11.3 Å². The fourth-order valence-electron chi connectivity index (χ4n) is 5.84. The van der Waals surface area contributed by atoms with E-state index in [4.69, 9.17) is 0 Å². The van der Waals surface area contributed by atoms with E-state index < -0.39 is 0 Å². The second-order valence-corrected chi connectivity index (χ2v) is 10.7. The Morgan fingerprint density at radius 1 is 1.17 bits per heavy atom. The van der Waals surface area contributed by atoms with Gasteiger partial charge in [0.25, 0.3) is 0 Å². The van der Waals surface area contributed by atoms with Crippen molar-refractivity contribution in [1.29, 1.82) is 5.26 Å². The minimum Gasteiger partial charge on any atom is -0.366 e. The smallest absolute Gasteiger partial charge is 0.230 e. The molecule has 0 radical (unpaired) electrons. The van der Waals surface area contributed by atoms with Crippen molar-refractivity contribution in [3.05, 3.63) is 46.5 Å². The van der Waals surface area contributed by atoms with Gasteiger partial charge >= 0.3 is 0 Å². The van der Waals surface area contributed by atoms with Crippen LogP contribution in [0.15, 0.2) is 30.5 Å². The number of nitriles is 1. The van der Waals surface area contributed by atoms with Gasteiger partial charge in [-0.2, -0.15) is 5.26 Å². The Morgan fingerprint density at radius 2 is 2.00 bits per heavy atom. The van der Waals surface area contributed by atoms with Gasteiger partial charge in [-0.3, -0.25) is 19.5 Å². The van der Waals surface area contributed by atoms with Gasteiger partial charge in [-0.1, -0.05) is 0 Å². The van der Waals surface area contributed by atoms with Crippen LogP contribution < -0.4 is 10.2 Å². The first-order valence-corrected chi connectivity index (χ1v) is 13.1.